The van der Waals surface area contributed by atoms with Gasteiger partial charge in [-0.3, -0.25) is 0 Å². The molecule has 3 nitrogen and oxygen atoms in total. The SMILES string of the molecule is CC(C)(O)C(C)(C)O[B]C(N)C=S. The summed E-state index contributed by atoms with van der Waals surface area (Å²) in [6.07, 6.45) is 0. The van der Waals surface area contributed by atoms with E-state index < -0.39 is 11.2 Å². The van der Waals surface area contributed by atoms with Crippen LogP contribution >= 0.6 is 12.2 Å². The molecule has 1 radical (unpaired) electrons. The maximum atomic E-state index is 9.71. The summed E-state index contributed by atoms with van der Waals surface area (Å²) in [5, 5.41) is 11.1. The van der Waals surface area contributed by atoms with Crippen LogP contribution in [0.15, 0.2) is 0 Å². The van der Waals surface area contributed by atoms with E-state index in [-0.39, 0.29) is 5.94 Å². The van der Waals surface area contributed by atoms with Gasteiger partial charge in [-0.25, -0.2) is 0 Å². The monoisotopic (exact) mass is 202 g/mol. The van der Waals surface area contributed by atoms with E-state index in [0.29, 0.717) is 0 Å². The molecule has 75 valence electrons. The quantitative estimate of drug-likeness (QED) is 0.502. The van der Waals surface area contributed by atoms with Crippen molar-refractivity contribution in [1.29, 1.82) is 0 Å². The van der Waals surface area contributed by atoms with Gasteiger partial charge in [0.15, 0.2) is 0 Å². The molecule has 0 bridgehead atoms. The van der Waals surface area contributed by atoms with Gasteiger partial charge in [-0.05, 0) is 33.1 Å². The first-order valence-corrected chi connectivity index (χ1v) is 4.62. The largest absolute Gasteiger partial charge is 0.431 e. The standard InChI is InChI=1S/C8H17BNO2S/c1-7(2,11)8(3,4)12-9-6(10)5-13/h5-6,11H,10H2,1-4H3. The molecule has 0 aromatic rings. The van der Waals surface area contributed by atoms with E-state index in [4.69, 9.17) is 10.4 Å². The highest BCUT2D eigenvalue weighted by molar-refractivity contribution is 7.79. The minimum atomic E-state index is -0.926. The van der Waals surface area contributed by atoms with E-state index in [1.807, 2.05) is 0 Å². The zero-order valence-corrected chi connectivity index (χ0v) is 9.39. The highest BCUT2D eigenvalue weighted by Gasteiger charge is 2.35. The van der Waals surface area contributed by atoms with Crippen LogP contribution in [0.2, 0.25) is 0 Å². The Hall–Kier alpha value is 0.0349. The first-order chi connectivity index (χ1) is 5.70. The summed E-state index contributed by atoms with van der Waals surface area (Å²) < 4.78 is 5.35. The van der Waals surface area contributed by atoms with Crippen molar-refractivity contribution in [2.24, 2.45) is 5.73 Å². The second kappa shape index (κ2) is 4.51. The Morgan fingerprint density at radius 2 is 1.92 bits per heavy atom. The summed E-state index contributed by atoms with van der Waals surface area (Å²) in [4.78, 5) is 0. The molecule has 0 aliphatic carbocycles. The molecule has 0 amide bonds. The van der Waals surface area contributed by atoms with E-state index in [1.54, 1.807) is 27.7 Å². The number of aliphatic hydroxyl groups is 1. The number of thiocarbonyl (C=S) groups is 1. The second-order valence-corrected chi connectivity index (χ2v) is 4.31. The second-order valence-electron chi connectivity index (χ2n) is 4.04. The van der Waals surface area contributed by atoms with Gasteiger partial charge in [-0.2, -0.15) is 0 Å². The predicted octanol–water partition coefficient (Wildman–Crippen LogP) is 0.456. The van der Waals surface area contributed by atoms with E-state index in [0.717, 1.165) is 0 Å². The van der Waals surface area contributed by atoms with E-state index >= 15 is 0 Å². The van der Waals surface area contributed by atoms with E-state index in [9.17, 15) is 5.11 Å². The first kappa shape index (κ1) is 13.0. The lowest BCUT2D eigenvalue weighted by Crippen LogP contribution is -2.50. The third-order valence-electron chi connectivity index (χ3n) is 2.15. The Bertz CT molecular complexity index is 179. The smallest absolute Gasteiger partial charge is 0.316 e. The summed E-state index contributed by atoms with van der Waals surface area (Å²) in [5.74, 6) is -0.378. The fraction of sp³-hybridized carbons (Fsp3) is 0.875. The van der Waals surface area contributed by atoms with E-state index in [2.05, 4.69) is 12.2 Å². The number of rotatable bonds is 5. The Labute approximate surface area is 85.9 Å². The van der Waals surface area contributed by atoms with Crippen LogP contribution in [0.4, 0.5) is 0 Å². The highest BCUT2D eigenvalue weighted by atomic mass is 32.1. The van der Waals surface area contributed by atoms with Gasteiger partial charge >= 0.3 is 7.48 Å². The summed E-state index contributed by atoms with van der Waals surface area (Å²) in [5.41, 5.74) is 3.90. The van der Waals surface area contributed by atoms with Crippen molar-refractivity contribution in [3.8, 4) is 0 Å². The Balaban J connectivity index is 4.11. The van der Waals surface area contributed by atoms with Crippen LogP contribution in [0, 0.1) is 0 Å². The molecular weight excluding hydrogens is 185 g/mol. The number of hydrogen-bond donors (Lipinski definition) is 2. The lowest BCUT2D eigenvalue weighted by molar-refractivity contribution is -0.0905. The van der Waals surface area contributed by atoms with Crippen LogP contribution in [0.25, 0.3) is 0 Å². The predicted molar refractivity (Wildman–Crippen MR) is 58.8 cm³/mol. The topological polar surface area (TPSA) is 55.5 Å². The van der Waals surface area contributed by atoms with Gasteiger partial charge in [-0.15, -0.1) is 0 Å². The molecule has 1 unspecified atom stereocenters. The molecular formula is C8H17BNO2S. The van der Waals surface area contributed by atoms with Crippen LogP contribution in [-0.4, -0.2) is 35.1 Å². The third-order valence-corrected chi connectivity index (χ3v) is 2.46. The van der Waals surface area contributed by atoms with Crippen molar-refractivity contribution in [2.45, 2.75) is 44.8 Å². The lowest BCUT2D eigenvalue weighted by atomic mass is 9.83. The van der Waals surface area contributed by atoms with Crippen LogP contribution in [0.1, 0.15) is 27.7 Å². The Morgan fingerprint density at radius 1 is 1.46 bits per heavy atom. The maximum absolute atomic E-state index is 9.71. The summed E-state index contributed by atoms with van der Waals surface area (Å²) in [6.45, 7) is 6.95. The van der Waals surface area contributed by atoms with Crippen molar-refractivity contribution in [1.82, 2.24) is 0 Å². The zero-order valence-electron chi connectivity index (χ0n) is 8.57. The lowest BCUT2D eigenvalue weighted by Gasteiger charge is -2.38. The first-order valence-electron chi connectivity index (χ1n) is 4.15. The fourth-order valence-corrected chi connectivity index (χ4v) is 0.489. The van der Waals surface area contributed by atoms with Gasteiger partial charge in [0.25, 0.3) is 0 Å². The third kappa shape index (κ3) is 4.18. The molecule has 1 atom stereocenters. The van der Waals surface area contributed by atoms with Crippen molar-refractivity contribution < 1.29 is 9.76 Å². The van der Waals surface area contributed by atoms with E-state index in [1.165, 1.54) is 12.8 Å². The molecule has 3 N–H and O–H groups in total. The molecule has 0 aromatic heterocycles. The molecule has 0 spiro atoms. The summed E-state index contributed by atoms with van der Waals surface area (Å²) in [6, 6.07) is 0. The average Bonchev–Trinajstić information content (AvgIpc) is 1.98. The molecule has 0 fully saturated rings. The Morgan fingerprint density at radius 3 is 2.23 bits per heavy atom. The average molecular weight is 202 g/mol. The van der Waals surface area contributed by atoms with Crippen LogP contribution in [-0.2, 0) is 4.65 Å². The minimum absolute atomic E-state index is 0.378. The van der Waals surface area contributed by atoms with Gasteiger partial charge in [0.1, 0.15) is 0 Å². The van der Waals surface area contributed by atoms with Crippen molar-refractivity contribution in [3.05, 3.63) is 0 Å². The summed E-state index contributed by atoms with van der Waals surface area (Å²) >= 11 is 4.63. The normalized spacial score (nSPS) is 15.2. The van der Waals surface area contributed by atoms with Crippen LogP contribution in [0.5, 0.6) is 0 Å². The fourth-order valence-electron chi connectivity index (χ4n) is 0.425. The molecule has 0 aliphatic heterocycles. The van der Waals surface area contributed by atoms with Gasteiger partial charge < -0.3 is 15.5 Å². The van der Waals surface area contributed by atoms with Gasteiger partial charge in [0, 0.05) is 5.94 Å². The number of nitrogens with two attached hydrogens (primary N) is 1. The van der Waals surface area contributed by atoms with Gasteiger partial charge in [0.2, 0.25) is 0 Å². The molecule has 0 aromatic carbocycles. The molecule has 0 heterocycles. The van der Waals surface area contributed by atoms with Gasteiger partial charge in [-0.1, -0.05) is 12.2 Å². The molecule has 5 heteroatoms. The van der Waals surface area contributed by atoms with Crippen molar-refractivity contribution >= 4 is 25.1 Å². The van der Waals surface area contributed by atoms with Crippen LogP contribution in [0.3, 0.4) is 0 Å². The minimum Gasteiger partial charge on any atom is -0.431 e. The highest BCUT2D eigenvalue weighted by Crippen LogP contribution is 2.24. The molecule has 0 saturated carbocycles. The van der Waals surface area contributed by atoms with Crippen LogP contribution < -0.4 is 5.73 Å². The van der Waals surface area contributed by atoms with Crippen molar-refractivity contribution in [2.75, 3.05) is 0 Å². The number of hydrogen-bond acceptors (Lipinski definition) is 4. The molecule has 0 rings (SSSR count). The zero-order chi connectivity index (χ0) is 10.7. The molecule has 13 heavy (non-hydrogen) atoms. The maximum Gasteiger partial charge on any atom is 0.316 e. The van der Waals surface area contributed by atoms with Crippen molar-refractivity contribution in [3.63, 3.8) is 0 Å². The Kier molecular flexibility index (Phi) is 4.52. The van der Waals surface area contributed by atoms with Gasteiger partial charge in [0.05, 0.1) is 11.2 Å². The molecule has 0 saturated heterocycles. The molecule has 0 aliphatic rings. The summed E-state index contributed by atoms with van der Waals surface area (Å²) in [7, 11) is 1.44.